The largest absolute Gasteiger partial charge is 0.370 e. The molecule has 0 saturated carbocycles. The van der Waals surface area contributed by atoms with Gasteiger partial charge in [-0.3, -0.25) is 0 Å². The maximum atomic E-state index is 4.29. The smallest absolute Gasteiger partial charge is 0.128 e. The minimum Gasteiger partial charge on any atom is -0.370 e. The maximum absolute atomic E-state index is 4.29. The molecule has 0 aromatic carbocycles. The first-order chi connectivity index (χ1) is 6.24. The molecule has 1 aromatic heterocycles. The zero-order valence-electron chi connectivity index (χ0n) is 8.10. The molecule has 0 aliphatic carbocycles. The third kappa shape index (κ3) is 3.35. The quantitative estimate of drug-likeness (QED) is 0.820. The highest BCUT2D eigenvalue weighted by Gasteiger charge is 1.98. The Hall–Kier alpha value is -0.570. The fraction of sp³-hybridized carbons (Fsp3) is 0.500. The normalized spacial score (nSPS) is 10.1. The highest BCUT2D eigenvalue weighted by atomic mass is 79.9. The van der Waals surface area contributed by atoms with E-state index in [1.165, 1.54) is 18.4 Å². The first-order valence-corrected chi connectivity index (χ1v) is 5.39. The fourth-order valence-corrected chi connectivity index (χ4v) is 1.55. The van der Waals surface area contributed by atoms with Crippen LogP contribution in [0.4, 0.5) is 5.82 Å². The number of unbranched alkanes of at least 4 members (excludes halogenated alkanes) is 1. The molecule has 13 heavy (non-hydrogen) atoms. The average Bonchev–Trinajstić information content (AvgIpc) is 2.09. The molecular weight excluding hydrogens is 228 g/mol. The Kier molecular flexibility index (Phi) is 4.22. The van der Waals surface area contributed by atoms with Crippen molar-refractivity contribution in [3.8, 4) is 0 Å². The topological polar surface area (TPSA) is 24.9 Å². The van der Waals surface area contributed by atoms with Gasteiger partial charge in [-0.15, -0.1) is 0 Å². The van der Waals surface area contributed by atoms with Gasteiger partial charge in [0.15, 0.2) is 0 Å². The van der Waals surface area contributed by atoms with E-state index in [0.29, 0.717) is 0 Å². The second-order valence-corrected chi connectivity index (χ2v) is 4.02. The molecule has 0 amide bonds. The van der Waals surface area contributed by atoms with Gasteiger partial charge >= 0.3 is 0 Å². The Bertz CT molecular complexity index is 274. The van der Waals surface area contributed by atoms with Crippen molar-refractivity contribution >= 4 is 21.7 Å². The summed E-state index contributed by atoms with van der Waals surface area (Å²) in [5.74, 6) is 0.997. The van der Waals surface area contributed by atoms with Crippen molar-refractivity contribution < 1.29 is 0 Å². The predicted octanol–water partition coefficient (Wildman–Crippen LogP) is 3.36. The van der Waals surface area contributed by atoms with Crippen molar-refractivity contribution in [2.24, 2.45) is 0 Å². The Morgan fingerprint density at radius 2 is 2.31 bits per heavy atom. The third-order valence-corrected chi connectivity index (χ3v) is 2.30. The minimum atomic E-state index is 0.997. The molecule has 2 nitrogen and oxygen atoms in total. The lowest BCUT2D eigenvalue weighted by Gasteiger charge is -2.07. The first-order valence-electron chi connectivity index (χ1n) is 4.60. The maximum Gasteiger partial charge on any atom is 0.128 e. The van der Waals surface area contributed by atoms with E-state index in [0.717, 1.165) is 16.8 Å². The van der Waals surface area contributed by atoms with Gasteiger partial charge in [0.1, 0.15) is 5.82 Å². The molecule has 1 rings (SSSR count). The third-order valence-electron chi connectivity index (χ3n) is 1.87. The number of anilines is 1. The van der Waals surface area contributed by atoms with Crippen LogP contribution >= 0.6 is 15.9 Å². The molecule has 0 aliphatic rings. The number of halogens is 1. The first kappa shape index (κ1) is 10.5. The lowest BCUT2D eigenvalue weighted by Crippen LogP contribution is -2.04. The molecule has 0 atom stereocenters. The van der Waals surface area contributed by atoms with Crippen molar-refractivity contribution in [3.05, 3.63) is 22.3 Å². The van der Waals surface area contributed by atoms with Crippen LogP contribution in [0.2, 0.25) is 0 Å². The molecule has 0 fully saturated rings. The number of hydrogen-bond donors (Lipinski definition) is 1. The van der Waals surface area contributed by atoms with E-state index in [1.807, 2.05) is 6.20 Å². The summed E-state index contributed by atoms with van der Waals surface area (Å²) in [6.07, 6.45) is 4.22. The Morgan fingerprint density at radius 1 is 1.54 bits per heavy atom. The van der Waals surface area contributed by atoms with E-state index in [1.54, 1.807) is 0 Å². The monoisotopic (exact) mass is 242 g/mol. The summed E-state index contributed by atoms with van der Waals surface area (Å²) < 4.78 is 1.03. The van der Waals surface area contributed by atoms with Crippen molar-refractivity contribution in [1.29, 1.82) is 0 Å². The molecule has 1 N–H and O–H groups in total. The lowest BCUT2D eigenvalue weighted by atomic mass is 10.3. The molecule has 0 radical (unpaired) electrons. The standard InChI is InChI=1S/C10H15BrN2/c1-3-4-5-12-10-8(2)6-9(11)7-13-10/h6-7H,3-5H2,1-2H3,(H,12,13). The molecule has 0 bridgehead atoms. The molecule has 72 valence electrons. The Morgan fingerprint density at radius 3 is 2.92 bits per heavy atom. The molecule has 1 aromatic rings. The zero-order chi connectivity index (χ0) is 9.68. The molecule has 3 heteroatoms. The summed E-state index contributed by atoms with van der Waals surface area (Å²) in [5.41, 5.74) is 1.19. The SMILES string of the molecule is CCCCNc1ncc(Br)cc1C. The van der Waals surface area contributed by atoms with Crippen LogP contribution in [0.5, 0.6) is 0 Å². The van der Waals surface area contributed by atoms with E-state index >= 15 is 0 Å². The number of nitrogens with zero attached hydrogens (tertiary/aromatic N) is 1. The second-order valence-electron chi connectivity index (χ2n) is 3.10. The predicted molar refractivity (Wildman–Crippen MR) is 60.1 cm³/mol. The van der Waals surface area contributed by atoms with Crippen LogP contribution in [0, 0.1) is 6.92 Å². The van der Waals surface area contributed by atoms with E-state index in [4.69, 9.17) is 0 Å². The summed E-state index contributed by atoms with van der Waals surface area (Å²) in [4.78, 5) is 4.29. The van der Waals surface area contributed by atoms with E-state index < -0.39 is 0 Å². The van der Waals surface area contributed by atoms with E-state index in [9.17, 15) is 0 Å². The number of aromatic nitrogens is 1. The summed E-state index contributed by atoms with van der Waals surface area (Å²) in [7, 11) is 0. The summed E-state index contributed by atoms with van der Waals surface area (Å²) >= 11 is 3.39. The van der Waals surface area contributed by atoms with Crippen molar-refractivity contribution in [1.82, 2.24) is 4.98 Å². The van der Waals surface area contributed by atoms with Gasteiger partial charge in [-0.05, 0) is 40.9 Å². The minimum absolute atomic E-state index is 0.997. The van der Waals surface area contributed by atoms with Gasteiger partial charge < -0.3 is 5.32 Å². The average molecular weight is 243 g/mol. The van der Waals surface area contributed by atoms with Crippen molar-refractivity contribution in [2.45, 2.75) is 26.7 Å². The Balaban J connectivity index is 2.56. The summed E-state index contributed by atoms with van der Waals surface area (Å²) in [5, 5.41) is 3.31. The number of rotatable bonds is 4. The van der Waals surface area contributed by atoms with Crippen LogP contribution in [-0.4, -0.2) is 11.5 Å². The number of hydrogen-bond acceptors (Lipinski definition) is 2. The summed E-state index contributed by atoms with van der Waals surface area (Å²) in [6.45, 7) is 5.25. The van der Waals surface area contributed by atoms with Gasteiger partial charge in [-0.2, -0.15) is 0 Å². The zero-order valence-corrected chi connectivity index (χ0v) is 9.69. The highest BCUT2D eigenvalue weighted by Crippen LogP contribution is 2.16. The Labute approximate surface area is 87.9 Å². The van der Waals surface area contributed by atoms with Crippen LogP contribution in [0.25, 0.3) is 0 Å². The van der Waals surface area contributed by atoms with Crippen molar-refractivity contribution in [2.75, 3.05) is 11.9 Å². The number of aryl methyl sites for hydroxylation is 1. The lowest BCUT2D eigenvalue weighted by molar-refractivity contribution is 0.830. The van der Waals surface area contributed by atoms with Crippen LogP contribution in [0.1, 0.15) is 25.3 Å². The van der Waals surface area contributed by atoms with Gasteiger partial charge in [0.25, 0.3) is 0 Å². The molecule has 0 aliphatic heterocycles. The molecule has 1 heterocycles. The second kappa shape index (κ2) is 5.22. The van der Waals surface area contributed by atoms with Gasteiger partial charge in [-0.1, -0.05) is 13.3 Å². The molecule has 0 unspecified atom stereocenters. The molecular formula is C10H15BrN2. The fourth-order valence-electron chi connectivity index (χ4n) is 1.11. The van der Waals surface area contributed by atoms with Crippen LogP contribution < -0.4 is 5.32 Å². The van der Waals surface area contributed by atoms with E-state index in [-0.39, 0.29) is 0 Å². The van der Waals surface area contributed by atoms with Gasteiger partial charge in [0.05, 0.1) is 0 Å². The van der Waals surface area contributed by atoms with Gasteiger partial charge in [0.2, 0.25) is 0 Å². The van der Waals surface area contributed by atoms with Crippen LogP contribution in [0.3, 0.4) is 0 Å². The van der Waals surface area contributed by atoms with Crippen LogP contribution in [-0.2, 0) is 0 Å². The molecule has 0 spiro atoms. The highest BCUT2D eigenvalue weighted by molar-refractivity contribution is 9.10. The number of pyridine rings is 1. The van der Waals surface area contributed by atoms with Crippen LogP contribution in [0.15, 0.2) is 16.7 Å². The molecule has 0 saturated heterocycles. The number of nitrogens with one attached hydrogen (secondary N) is 1. The summed E-state index contributed by atoms with van der Waals surface area (Å²) in [6, 6.07) is 2.07. The van der Waals surface area contributed by atoms with Crippen molar-refractivity contribution in [3.63, 3.8) is 0 Å². The van der Waals surface area contributed by atoms with Gasteiger partial charge in [0, 0.05) is 17.2 Å². The van der Waals surface area contributed by atoms with E-state index in [2.05, 4.69) is 46.1 Å². The van der Waals surface area contributed by atoms with Gasteiger partial charge in [-0.25, -0.2) is 4.98 Å².